The lowest BCUT2D eigenvalue weighted by Crippen LogP contribution is -2.47. The molecule has 1 heterocycles. The minimum absolute atomic E-state index is 0. The molecule has 8 heteroatoms. The van der Waals surface area contributed by atoms with Gasteiger partial charge in [0.2, 0.25) is 0 Å². The van der Waals surface area contributed by atoms with Gasteiger partial charge in [-0.3, -0.25) is 4.90 Å². The van der Waals surface area contributed by atoms with E-state index < -0.39 is 12.5 Å². The molecule has 2 nitrogen and oxygen atoms in total. The molecule has 1 aromatic rings. The molecule has 0 amide bonds. The normalized spacial score (nSPS) is 17.2. The number of rotatable bonds is 3. The van der Waals surface area contributed by atoms with E-state index in [9.17, 15) is 8.78 Å². The van der Waals surface area contributed by atoms with Crippen molar-refractivity contribution in [3.05, 3.63) is 33.8 Å². The zero-order valence-electron chi connectivity index (χ0n) is 10.5. The maximum atomic E-state index is 13.4. The summed E-state index contributed by atoms with van der Waals surface area (Å²) in [5.41, 5.74) is 0.331. The van der Waals surface area contributed by atoms with Crippen LogP contribution in [-0.4, -0.2) is 37.5 Å². The highest BCUT2D eigenvalue weighted by Gasteiger charge is 2.33. The van der Waals surface area contributed by atoms with Gasteiger partial charge in [-0.25, -0.2) is 8.78 Å². The molecule has 1 saturated heterocycles. The Morgan fingerprint density at radius 3 is 2.00 bits per heavy atom. The molecule has 2 rings (SSSR count). The molecule has 20 heavy (non-hydrogen) atoms. The molecule has 1 aliphatic heterocycles. The lowest BCUT2D eigenvalue weighted by atomic mass is 10.0. The molecule has 1 fully saturated rings. The van der Waals surface area contributed by atoms with E-state index >= 15 is 0 Å². The summed E-state index contributed by atoms with van der Waals surface area (Å²) >= 11 is 12.1. The van der Waals surface area contributed by atoms with Crippen LogP contribution >= 0.6 is 48.0 Å². The number of nitrogens with one attached hydrogen (secondary N) is 1. The Bertz CT molecular complexity index is 394. The van der Waals surface area contributed by atoms with E-state index in [1.54, 1.807) is 23.1 Å². The monoisotopic (exact) mass is 366 g/mol. The van der Waals surface area contributed by atoms with Crippen molar-refractivity contribution < 1.29 is 8.78 Å². The van der Waals surface area contributed by atoms with Crippen molar-refractivity contribution in [2.75, 3.05) is 26.2 Å². The summed E-state index contributed by atoms with van der Waals surface area (Å²) in [5, 5.41) is 3.73. The van der Waals surface area contributed by atoms with Crippen molar-refractivity contribution in [3.63, 3.8) is 0 Å². The SMILES string of the molecule is Cl.Cl.FC(F)[C@H](c1c(Cl)cccc1Cl)N1CCNCC1. The minimum atomic E-state index is -2.51. The van der Waals surface area contributed by atoms with Gasteiger partial charge in [-0.05, 0) is 12.1 Å². The zero-order chi connectivity index (χ0) is 13.1. The molecule has 0 spiro atoms. The van der Waals surface area contributed by atoms with Crippen molar-refractivity contribution >= 4 is 48.0 Å². The lowest BCUT2D eigenvalue weighted by molar-refractivity contribution is 0.0182. The van der Waals surface area contributed by atoms with Crippen molar-refractivity contribution in [1.82, 2.24) is 10.2 Å². The Morgan fingerprint density at radius 1 is 1.05 bits per heavy atom. The van der Waals surface area contributed by atoms with Crippen LogP contribution in [-0.2, 0) is 0 Å². The number of piperazine rings is 1. The molecule has 0 aromatic heterocycles. The molecular formula is C12H16Cl4F2N2. The van der Waals surface area contributed by atoms with Crippen LogP contribution in [0, 0.1) is 0 Å². The molecule has 0 radical (unpaired) electrons. The van der Waals surface area contributed by atoms with Crippen LogP contribution in [0.15, 0.2) is 18.2 Å². The zero-order valence-corrected chi connectivity index (χ0v) is 13.6. The molecule has 1 N–H and O–H groups in total. The van der Waals surface area contributed by atoms with Crippen LogP contribution < -0.4 is 5.32 Å². The second-order valence-electron chi connectivity index (χ2n) is 4.20. The highest BCUT2D eigenvalue weighted by atomic mass is 35.5. The first kappa shape index (κ1) is 20.2. The maximum absolute atomic E-state index is 13.4. The Labute approximate surface area is 139 Å². The predicted molar refractivity (Wildman–Crippen MR) is 84.1 cm³/mol. The van der Waals surface area contributed by atoms with Crippen molar-refractivity contribution in [2.45, 2.75) is 12.5 Å². The van der Waals surface area contributed by atoms with E-state index in [0.29, 0.717) is 41.8 Å². The molecule has 0 saturated carbocycles. The van der Waals surface area contributed by atoms with Crippen LogP contribution in [0.4, 0.5) is 8.78 Å². The summed E-state index contributed by atoms with van der Waals surface area (Å²) in [5.74, 6) is 0. The third-order valence-electron chi connectivity index (χ3n) is 3.08. The van der Waals surface area contributed by atoms with Crippen LogP contribution in [0.1, 0.15) is 11.6 Å². The van der Waals surface area contributed by atoms with Gasteiger partial charge in [0.25, 0.3) is 6.43 Å². The van der Waals surface area contributed by atoms with Gasteiger partial charge in [0.15, 0.2) is 0 Å². The number of hydrogen-bond donors (Lipinski definition) is 1. The van der Waals surface area contributed by atoms with Gasteiger partial charge < -0.3 is 5.32 Å². The fourth-order valence-electron chi connectivity index (χ4n) is 2.22. The standard InChI is InChI=1S/C12H14Cl2F2N2.2ClH/c13-8-2-1-3-9(14)10(8)11(12(15)16)18-6-4-17-5-7-18;;/h1-3,11-12,17H,4-7H2;2*1H/t11-;;/m0../s1. The molecule has 1 aliphatic rings. The van der Waals surface area contributed by atoms with E-state index in [0.717, 1.165) is 0 Å². The number of nitrogens with zero attached hydrogens (tertiary/aromatic N) is 1. The average Bonchev–Trinajstić information content (AvgIpc) is 2.34. The van der Waals surface area contributed by atoms with Gasteiger partial charge in [-0.1, -0.05) is 29.3 Å². The predicted octanol–water partition coefficient (Wildman–Crippen LogP) is 4.05. The molecule has 116 valence electrons. The average molecular weight is 368 g/mol. The Hall–Kier alpha value is 0.160. The smallest absolute Gasteiger partial charge is 0.258 e. The Morgan fingerprint density at radius 2 is 1.55 bits per heavy atom. The summed E-state index contributed by atoms with van der Waals surface area (Å²) in [6.07, 6.45) is -2.51. The summed E-state index contributed by atoms with van der Waals surface area (Å²) in [7, 11) is 0. The quantitative estimate of drug-likeness (QED) is 0.866. The molecule has 1 atom stereocenters. The fourth-order valence-corrected chi connectivity index (χ4v) is 2.84. The maximum Gasteiger partial charge on any atom is 0.258 e. The number of hydrogen-bond acceptors (Lipinski definition) is 2. The minimum Gasteiger partial charge on any atom is -0.314 e. The summed E-state index contributed by atoms with van der Waals surface area (Å²) in [6, 6.07) is 3.82. The second kappa shape index (κ2) is 9.23. The highest BCUT2D eigenvalue weighted by molar-refractivity contribution is 6.36. The second-order valence-corrected chi connectivity index (χ2v) is 5.01. The Balaban J connectivity index is 0.00000180. The van der Waals surface area contributed by atoms with Crippen molar-refractivity contribution in [1.29, 1.82) is 0 Å². The Kier molecular flexibility index (Phi) is 9.31. The third-order valence-corrected chi connectivity index (χ3v) is 3.74. The van der Waals surface area contributed by atoms with Crippen LogP contribution in [0.3, 0.4) is 0 Å². The lowest BCUT2D eigenvalue weighted by Gasteiger charge is -2.35. The van der Waals surface area contributed by atoms with E-state index in [4.69, 9.17) is 23.2 Å². The molecular weight excluding hydrogens is 352 g/mol. The number of alkyl halides is 2. The summed E-state index contributed by atoms with van der Waals surface area (Å²) in [4.78, 5) is 1.73. The van der Waals surface area contributed by atoms with Crippen LogP contribution in [0.25, 0.3) is 0 Å². The molecule has 0 bridgehead atoms. The van der Waals surface area contributed by atoms with Crippen molar-refractivity contribution in [2.24, 2.45) is 0 Å². The van der Waals surface area contributed by atoms with Gasteiger partial charge in [0.1, 0.15) is 0 Å². The van der Waals surface area contributed by atoms with Crippen molar-refractivity contribution in [3.8, 4) is 0 Å². The topological polar surface area (TPSA) is 15.3 Å². The van der Waals surface area contributed by atoms with E-state index in [1.165, 1.54) is 0 Å². The van der Waals surface area contributed by atoms with Crippen LogP contribution in [0.5, 0.6) is 0 Å². The first-order valence-electron chi connectivity index (χ1n) is 5.78. The first-order valence-corrected chi connectivity index (χ1v) is 6.53. The van der Waals surface area contributed by atoms with E-state index in [2.05, 4.69) is 5.32 Å². The van der Waals surface area contributed by atoms with E-state index in [1.807, 2.05) is 0 Å². The highest BCUT2D eigenvalue weighted by Crippen LogP contribution is 2.37. The van der Waals surface area contributed by atoms with Gasteiger partial charge in [0, 0.05) is 41.8 Å². The van der Waals surface area contributed by atoms with Gasteiger partial charge >= 0.3 is 0 Å². The van der Waals surface area contributed by atoms with E-state index in [-0.39, 0.29) is 24.8 Å². The van der Waals surface area contributed by atoms with Gasteiger partial charge in [0.05, 0.1) is 6.04 Å². The summed E-state index contributed by atoms with van der Waals surface area (Å²) in [6.45, 7) is 2.53. The first-order chi connectivity index (χ1) is 8.61. The van der Waals surface area contributed by atoms with Gasteiger partial charge in [-0.15, -0.1) is 24.8 Å². The number of halogens is 6. The molecule has 1 aromatic carbocycles. The molecule has 0 unspecified atom stereocenters. The molecule has 0 aliphatic carbocycles. The fraction of sp³-hybridized carbons (Fsp3) is 0.500. The van der Waals surface area contributed by atoms with Crippen LogP contribution in [0.2, 0.25) is 10.0 Å². The largest absolute Gasteiger partial charge is 0.314 e. The summed E-state index contributed by atoms with van der Waals surface area (Å²) < 4.78 is 26.7. The van der Waals surface area contributed by atoms with Gasteiger partial charge in [-0.2, -0.15) is 0 Å². The third kappa shape index (κ3) is 4.58. The number of benzene rings is 1.